The summed E-state index contributed by atoms with van der Waals surface area (Å²) in [4.78, 5) is 0. The van der Waals surface area contributed by atoms with Crippen LogP contribution < -0.4 is 10.6 Å². The van der Waals surface area contributed by atoms with Gasteiger partial charge in [-0.15, -0.1) is 0 Å². The van der Waals surface area contributed by atoms with Crippen LogP contribution in [0.25, 0.3) is 0 Å². The summed E-state index contributed by atoms with van der Waals surface area (Å²) >= 11 is 0. The normalized spacial score (nSPS) is 23.3. The molecule has 0 radical (unpaired) electrons. The molecule has 1 nitrogen and oxygen atoms in total. The summed E-state index contributed by atoms with van der Waals surface area (Å²) in [5.41, 5.74) is 5.82. The van der Waals surface area contributed by atoms with Crippen LogP contribution in [-0.4, -0.2) is 4.44 Å². The molecule has 0 saturated carbocycles. The second kappa shape index (κ2) is 8.92. The molecule has 0 aliphatic carbocycles. The predicted octanol–water partition coefficient (Wildman–Crippen LogP) is 7.52. The monoisotopic (exact) mass is 451 g/mol. The molecule has 0 aromatic heterocycles. The number of benzene rings is 4. The minimum Gasteiger partial charge on any atom is -0.247 e. The molecule has 2 aliphatic rings. The first kappa shape index (κ1) is 20.3. The van der Waals surface area contributed by atoms with Gasteiger partial charge in [0.15, 0.2) is 0 Å². The second-order valence-electron chi connectivity index (χ2n) is 8.62. The van der Waals surface area contributed by atoms with E-state index in [-0.39, 0.29) is 8.07 Å². The standard InChI is InChI=1S/C29H27NP2/c1-4-12-23(13-5-1)28-20-21-29(24-14-6-2-7-15-24)32(28)30-22-25-16-10-11-19-27(25)31(30)26-17-8-3-9-18-26/h1-19,28-29H,20-22H2/t28-,29-,31?/m1/s1. The Morgan fingerprint density at radius 3 is 1.66 bits per heavy atom. The van der Waals surface area contributed by atoms with Crippen LogP contribution in [-0.2, 0) is 6.54 Å². The van der Waals surface area contributed by atoms with Gasteiger partial charge in [0.05, 0.1) is 0 Å². The summed E-state index contributed by atoms with van der Waals surface area (Å²) in [6, 6.07) is 43.1. The molecule has 0 amide bonds. The molecular weight excluding hydrogens is 424 g/mol. The molecule has 0 N–H and O–H groups in total. The first-order chi connectivity index (χ1) is 15.9. The van der Waals surface area contributed by atoms with Gasteiger partial charge in [0, 0.05) is 25.9 Å². The minimum atomic E-state index is -0.502. The summed E-state index contributed by atoms with van der Waals surface area (Å²) in [6.07, 6.45) is 2.56. The lowest BCUT2D eigenvalue weighted by atomic mass is 10.0. The topological polar surface area (TPSA) is 3.24 Å². The van der Waals surface area contributed by atoms with Crippen LogP contribution in [0.4, 0.5) is 0 Å². The molecule has 3 heteroatoms. The molecule has 1 fully saturated rings. The average Bonchev–Trinajstić information content (AvgIpc) is 3.47. The first-order valence-corrected chi connectivity index (χ1v) is 14.2. The van der Waals surface area contributed by atoms with Gasteiger partial charge in [-0.05, 0) is 48.2 Å². The lowest BCUT2D eigenvalue weighted by Crippen LogP contribution is -2.19. The first-order valence-electron chi connectivity index (χ1n) is 11.5. The van der Waals surface area contributed by atoms with E-state index in [2.05, 4.69) is 120 Å². The van der Waals surface area contributed by atoms with E-state index in [1.807, 2.05) is 0 Å². The van der Waals surface area contributed by atoms with Crippen LogP contribution >= 0.6 is 16.1 Å². The van der Waals surface area contributed by atoms with Crippen molar-refractivity contribution in [3.63, 3.8) is 0 Å². The second-order valence-corrected chi connectivity index (χ2v) is 13.5. The van der Waals surface area contributed by atoms with Gasteiger partial charge in [-0.3, -0.25) is 0 Å². The highest BCUT2D eigenvalue weighted by Gasteiger charge is 2.46. The molecule has 2 aliphatic heterocycles. The van der Waals surface area contributed by atoms with Gasteiger partial charge in [0.1, 0.15) is 0 Å². The summed E-state index contributed by atoms with van der Waals surface area (Å²) in [5, 5.41) is 3.04. The van der Waals surface area contributed by atoms with Crippen LogP contribution in [0.3, 0.4) is 0 Å². The summed E-state index contributed by atoms with van der Waals surface area (Å²) < 4.78 is 2.95. The van der Waals surface area contributed by atoms with Crippen molar-refractivity contribution in [2.24, 2.45) is 0 Å². The van der Waals surface area contributed by atoms with E-state index in [0.717, 1.165) is 6.54 Å². The van der Waals surface area contributed by atoms with Crippen LogP contribution in [0.2, 0.25) is 0 Å². The Balaban J connectivity index is 1.48. The van der Waals surface area contributed by atoms with E-state index in [1.165, 1.54) is 34.8 Å². The van der Waals surface area contributed by atoms with Gasteiger partial charge in [-0.25, -0.2) is 4.44 Å². The summed E-state index contributed by atoms with van der Waals surface area (Å²) in [5.74, 6) is 0. The number of nitrogens with zero attached hydrogens (tertiary/aromatic N) is 1. The Morgan fingerprint density at radius 2 is 1.06 bits per heavy atom. The van der Waals surface area contributed by atoms with E-state index in [1.54, 1.807) is 5.30 Å². The van der Waals surface area contributed by atoms with Gasteiger partial charge >= 0.3 is 0 Å². The summed E-state index contributed by atoms with van der Waals surface area (Å²) in [7, 11) is -0.875. The Labute approximate surface area is 193 Å². The minimum absolute atomic E-state index is 0.373. The van der Waals surface area contributed by atoms with Crippen LogP contribution in [0.1, 0.15) is 40.8 Å². The van der Waals surface area contributed by atoms with E-state index in [9.17, 15) is 0 Å². The fourth-order valence-electron chi connectivity index (χ4n) is 5.33. The molecule has 4 aromatic rings. The lowest BCUT2D eigenvalue weighted by Gasteiger charge is -2.38. The Morgan fingerprint density at radius 1 is 0.562 bits per heavy atom. The van der Waals surface area contributed by atoms with Crippen molar-refractivity contribution in [2.75, 3.05) is 0 Å². The van der Waals surface area contributed by atoms with Crippen molar-refractivity contribution in [2.45, 2.75) is 30.7 Å². The van der Waals surface area contributed by atoms with E-state index in [0.29, 0.717) is 11.3 Å². The number of rotatable bonds is 4. The highest BCUT2D eigenvalue weighted by molar-refractivity contribution is 7.80. The third-order valence-corrected chi connectivity index (χ3v) is 13.3. The zero-order valence-corrected chi connectivity index (χ0v) is 19.9. The molecule has 0 spiro atoms. The van der Waals surface area contributed by atoms with Crippen molar-refractivity contribution in [1.29, 1.82) is 0 Å². The smallest absolute Gasteiger partial charge is 0.0326 e. The molecule has 158 valence electrons. The van der Waals surface area contributed by atoms with Crippen LogP contribution in [0.15, 0.2) is 115 Å². The van der Waals surface area contributed by atoms with Crippen molar-refractivity contribution in [1.82, 2.24) is 4.44 Å². The van der Waals surface area contributed by atoms with Crippen LogP contribution in [0.5, 0.6) is 0 Å². The highest BCUT2D eigenvalue weighted by atomic mass is 31.2. The van der Waals surface area contributed by atoms with Gasteiger partial charge in [-0.2, -0.15) is 0 Å². The van der Waals surface area contributed by atoms with Crippen molar-refractivity contribution >= 4 is 26.8 Å². The zero-order valence-electron chi connectivity index (χ0n) is 18.1. The third kappa shape index (κ3) is 3.64. The van der Waals surface area contributed by atoms with Gasteiger partial charge in [0.25, 0.3) is 0 Å². The molecular formula is C29H27NP2. The molecule has 1 saturated heterocycles. The average molecular weight is 451 g/mol. The maximum Gasteiger partial charge on any atom is 0.0326 e. The van der Waals surface area contributed by atoms with Crippen molar-refractivity contribution in [3.05, 3.63) is 132 Å². The summed E-state index contributed by atoms with van der Waals surface area (Å²) in [6.45, 7) is 1.08. The molecule has 0 bridgehead atoms. The molecule has 2 heterocycles. The Kier molecular flexibility index (Phi) is 5.66. The molecule has 1 unspecified atom stereocenters. The van der Waals surface area contributed by atoms with Gasteiger partial charge in [-0.1, -0.05) is 115 Å². The van der Waals surface area contributed by atoms with E-state index >= 15 is 0 Å². The SMILES string of the molecule is c1ccc([C@H]2CC[C@H](c3ccccc3)P2N2Cc3ccccc3P2c2ccccc2)cc1. The number of hydrogen-bond donors (Lipinski definition) is 0. The fourth-order valence-corrected chi connectivity index (χ4v) is 12.9. The fraction of sp³-hybridized carbons (Fsp3) is 0.172. The number of fused-ring (bicyclic) bond motifs is 1. The predicted molar refractivity (Wildman–Crippen MR) is 139 cm³/mol. The molecule has 6 rings (SSSR count). The molecule has 32 heavy (non-hydrogen) atoms. The maximum atomic E-state index is 2.95. The lowest BCUT2D eigenvalue weighted by molar-refractivity contribution is 0.711. The van der Waals surface area contributed by atoms with Crippen molar-refractivity contribution < 1.29 is 0 Å². The largest absolute Gasteiger partial charge is 0.247 e. The van der Waals surface area contributed by atoms with Gasteiger partial charge in [0.2, 0.25) is 0 Å². The van der Waals surface area contributed by atoms with Gasteiger partial charge < -0.3 is 0 Å². The van der Waals surface area contributed by atoms with Crippen molar-refractivity contribution in [3.8, 4) is 0 Å². The zero-order chi connectivity index (χ0) is 21.3. The quantitative estimate of drug-likeness (QED) is 0.290. The van der Waals surface area contributed by atoms with E-state index in [4.69, 9.17) is 0 Å². The molecule has 3 atom stereocenters. The number of hydrogen-bond acceptors (Lipinski definition) is 1. The Hall–Kier alpha value is -2.30. The molecule has 4 aromatic carbocycles. The highest BCUT2D eigenvalue weighted by Crippen LogP contribution is 2.77. The third-order valence-electron chi connectivity index (χ3n) is 6.75. The van der Waals surface area contributed by atoms with E-state index < -0.39 is 8.07 Å². The Bertz CT molecular complexity index is 1130. The maximum absolute atomic E-state index is 2.95. The van der Waals surface area contributed by atoms with Crippen LogP contribution in [0, 0.1) is 0 Å².